The molecule has 11 heavy (non-hydrogen) atoms. The molecule has 1 rings (SSSR count). The third kappa shape index (κ3) is 2.07. The number of likely N-dealkylation sites (tertiary alicyclic amines) is 1. The first-order valence-corrected chi connectivity index (χ1v) is 4.10. The monoisotopic (exact) mass is 176 g/mol. The summed E-state index contributed by atoms with van der Waals surface area (Å²) >= 11 is 5.32. The number of amides is 1. The highest BCUT2D eigenvalue weighted by molar-refractivity contribution is 6.62. The predicted molar refractivity (Wildman–Crippen MR) is 44.9 cm³/mol. The van der Waals surface area contributed by atoms with E-state index in [0.29, 0.717) is 6.04 Å². The van der Waals surface area contributed by atoms with Crippen LogP contribution in [0.15, 0.2) is 0 Å². The molecule has 1 unspecified atom stereocenters. The minimum atomic E-state index is -0.356. The zero-order valence-corrected chi connectivity index (χ0v) is 7.64. The Morgan fingerprint density at radius 3 is 2.73 bits per heavy atom. The highest BCUT2D eigenvalue weighted by Crippen LogP contribution is 2.13. The molecule has 1 aliphatic heterocycles. The fourth-order valence-electron chi connectivity index (χ4n) is 1.37. The minimum absolute atomic E-state index is 0.310. The highest BCUT2D eigenvalue weighted by atomic mass is 35.5. The van der Waals surface area contributed by atoms with Gasteiger partial charge in [-0.3, -0.25) is 4.79 Å². The van der Waals surface area contributed by atoms with Crippen LogP contribution in [0.2, 0.25) is 0 Å². The van der Waals surface area contributed by atoms with E-state index in [4.69, 9.17) is 11.6 Å². The molecule has 0 aromatic rings. The summed E-state index contributed by atoms with van der Waals surface area (Å²) in [5.41, 5.74) is 0. The van der Waals surface area contributed by atoms with E-state index in [-0.39, 0.29) is 5.37 Å². The van der Waals surface area contributed by atoms with Crippen LogP contribution in [0.4, 0.5) is 4.79 Å². The van der Waals surface area contributed by atoms with Gasteiger partial charge >= 0.3 is 5.37 Å². The number of hydrogen-bond donors (Lipinski definition) is 0. The average molecular weight is 177 g/mol. The largest absolute Gasteiger partial charge is 0.328 e. The number of carbonyl (C=O) groups is 1. The lowest BCUT2D eigenvalue weighted by Gasteiger charge is -2.21. The van der Waals surface area contributed by atoms with Gasteiger partial charge in [0.25, 0.3) is 0 Å². The van der Waals surface area contributed by atoms with Crippen molar-refractivity contribution in [3.05, 3.63) is 0 Å². The molecule has 1 heterocycles. The maximum absolute atomic E-state index is 10.7. The lowest BCUT2D eigenvalue weighted by atomic mass is 10.2. The van der Waals surface area contributed by atoms with Crippen LogP contribution in [0.1, 0.15) is 6.42 Å². The van der Waals surface area contributed by atoms with Gasteiger partial charge in [0.05, 0.1) is 0 Å². The topological polar surface area (TPSA) is 23.6 Å². The molecule has 1 atom stereocenters. The van der Waals surface area contributed by atoms with E-state index in [0.717, 1.165) is 19.5 Å². The summed E-state index contributed by atoms with van der Waals surface area (Å²) in [4.78, 5) is 14.5. The van der Waals surface area contributed by atoms with Gasteiger partial charge in [-0.25, -0.2) is 0 Å². The van der Waals surface area contributed by atoms with Gasteiger partial charge in [-0.2, -0.15) is 0 Å². The Labute approximate surface area is 71.9 Å². The second kappa shape index (κ2) is 3.41. The second-order valence-electron chi connectivity index (χ2n) is 3.07. The normalized spacial score (nSPS) is 25.5. The molecule has 0 aliphatic carbocycles. The summed E-state index contributed by atoms with van der Waals surface area (Å²) in [7, 11) is 3.80. The quantitative estimate of drug-likeness (QED) is 0.439. The first kappa shape index (κ1) is 8.81. The van der Waals surface area contributed by atoms with Crippen LogP contribution in [-0.2, 0) is 0 Å². The third-order valence-electron chi connectivity index (χ3n) is 2.19. The van der Waals surface area contributed by atoms with Crippen molar-refractivity contribution in [2.45, 2.75) is 12.5 Å². The van der Waals surface area contributed by atoms with Gasteiger partial charge in [-0.05, 0) is 31.6 Å². The molecule has 0 radical (unpaired) electrons. The van der Waals surface area contributed by atoms with Crippen LogP contribution in [0.25, 0.3) is 0 Å². The van der Waals surface area contributed by atoms with Crippen molar-refractivity contribution < 1.29 is 4.79 Å². The fourth-order valence-corrected chi connectivity index (χ4v) is 1.51. The Kier molecular flexibility index (Phi) is 2.73. The van der Waals surface area contributed by atoms with Crippen molar-refractivity contribution >= 4 is 17.0 Å². The van der Waals surface area contributed by atoms with Crippen molar-refractivity contribution in [2.75, 3.05) is 27.2 Å². The summed E-state index contributed by atoms with van der Waals surface area (Å²) in [6, 6.07) is 0.310. The van der Waals surface area contributed by atoms with Crippen molar-refractivity contribution in [3.8, 4) is 0 Å². The van der Waals surface area contributed by atoms with Crippen LogP contribution in [0.5, 0.6) is 0 Å². The summed E-state index contributed by atoms with van der Waals surface area (Å²) in [6.45, 7) is 1.99. The maximum atomic E-state index is 10.7. The Morgan fingerprint density at radius 2 is 2.36 bits per heavy atom. The van der Waals surface area contributed by atoms with Gasteiger partial charge in [0.2, 0.25) is 0 Å². The lowest BCUT2D eigenvalue weighted by molar-refractivity contribution is 0.214. The Balaban J connectivity index is 2.43. The highest BCUT2D eigenvalue weighted by Gasteiger charge is 2.25. The van der Waals surface area contributed by atoms with Crippen LogP contribution in [-0.4, -0.2) is 48.4 Å². The Morgan fingerprint density at radius 1 is 1.73 bits per heavy atom. The molecule has 3 nitrogen and oxygen atoms in total. The number of carbonyl (C=O) groups excluding carboxylic acids is 1. The van der Waals surface area contributed by atoms with E-state index in [1.54, 1.807) is 11.9 Å². The Hall–Kier alpha value is -0.280. The molecule has 64 valence electrons. The van der Waals surface area contributed by atoms with Gasteiger partial charge in [0.15, 0.2) is 0 Å². The lowest BCUT2D eigenvalue weighted by Crippen LogP contribution is -2.35. The van der Waals surface area contributed by atoms with Gasteiger partial charge in [-0.1, -0.05) is 0 Å². The number of rotatable bonds is 1. The first-order chi connectivity index (χ1) is 5.11. The van der Waals surface area contributed by atoms with Gasteiger partial charge < -0.3 is 9.80 Å². The van der Waals surface area contributed by atoms with E-state index in [9.17, 15) is 4.79 Å². The molecule has 1 aliphatic rings. The van der Waals surface area contributed by atoms with E-state index in [1.807, 2.05) is 7.05 Å². The fraction of sp³-hybridized carbons (Fsp3) is 0.857. The molecule has 0 aromatic carbocycles. The smallest absolute Gasteiger partial charge is 0.316 e. The number of halogens is 1. The Bertz CT molecular complexity index is 163. The number of likely N-dealkylation sites (N-methyl/N-ethyl adjacent to an activating group) is 2. The van der Waals surface area contributed by atoms with Crippen molar-refractivity contribution in [3.63, 3.8) is 0 Å². The summed E-state index contributed by atoms with van der Waals surface area (Å²) < 4.78 is 0. The summed E-state index contributed by atoms with van der Waals surface area (Å²) in [5, 5.41) is -0.356. The zero-order valence-electron chi connectivity index (χ0n) is 6.88. The van der Waals surface area contributed by atoms with Crippen molar-refractivity contribution in [2.24, 2.45) is 0 Å². The molecule has 0 bridgehead atoms. The molecule has 1 fully saturated rings. The zero-order chi connectivity index (χ0) is 8.43. The first-order valence-electron chi connectivity index (χ1n) is 3.72. The maximum Gasteiger partial charge on any atom is 0.316 e. The molecule has 0 N–H and O–H groups in total. The third-order valence-corrected chi connectivity index (χ3v) is 2.46. The molecular weight excluding hydrogens is 164 g/mol. The molecule has 0 spiro atoms. The van der Waals surface area contributed by atoms with E-state index < -0.39 is 0 Å². The van der Waals surface area contributed by atoms with E-state index >= 15 is 0 Å². The van der Waals surface area contributed by atoms with Crippen LogP contribution in [0.3, 0.4) is 0 Å². The second-order valence-corrected chi connectivity index (χ2v) is 3.39. The van der Waals surface area contributed by atoms with Crippen LogP contribution in [0, 0.1) is 0 Å². The standard InChI is InChI=1S/C7H13ClN2O/c1-9-4-3-6(5-9)10(2)7(8)11/h6H,3-5H2,1-2H3. The van der Waals surface area contributed by atoms with Crippen LogP contribution < -0.4 is 0 Å². The number of nitrogens with zero attached hydrogens (tertiary/aromatic N) is 2. The van der Waals surface area contributed by atoms with Crippen molar-refractivity contribution in [1.82, 2.24) is 9.80 Å². The molecule has 0 saturated carbocycles. The van der Waals surface area contributed by atoms with Gasteiger partial charge in [0.1, 0.15) is 0 Å². The molecule has 4 heteroatoms. The average Bonchev–Trinajstić information content (AvgIpc) is 2.34. The summed E-state index contributed by atoms with van der Waals surface area (Å²) in [5.74, 6) is 0. The molecule has 0 aromatic heterocycles. The molecule has 1 saturated heterocycles. The SMILES string of the molecule is CN1CCC(N(C)C(=O)Cl)C1. The van der Waals surface area contributed by atoms with E-state index in [2.05, 4.69) is 4.90 Å². The molecular formula is C7H13ClN2O. The predicted octanol–water partition coefficient (Wildman–Crippen LogP) is 0.981. The van der Waals surface area contributed by atoms with Crippen LogP contribution >= 0.6 is 11.6 Å². The summed E-state index contributed by atoms with van der Waals surface area (Å²) in [6.07, 6.45) is 1.03. The number of hydrogen-bond acceptors (Lipinski definition) is 2. The minimum Gasteiger partial charge on any atom is -0.328 e. The van der Waals surface area contributed by atoms with E-state index in [1.165, 1.54) is 0 Å². The molecule has 1 amide bonds. The van der Waals surface area contributed by atoms with Crippen molar-refractivity contribution in [1.29, 1.82) is 0 Å². The van der Waals surface area contributed by atoms with Gasteiger partial charge in [0, 0.05) is 19.6 Å². The van der Waals surface area contributed by atoms with Gasteiger partial charge in [-0.15, -0.1) is 0 Å².